The standard InChI is InChI=1S/C17H15N3O2/c1-12(21)6-5-7-13-10-18-16-15(13)17(20-11-19-16)22-14-8-3-2-4-9-14/h2-6,8-11H,7H2,1H3,(H,18,19,20). The molecule has 0 spiro atoms. The second kappa shape index (κ2) is 6.22. The number of carbonyl (C=O) groups is 1. The molecule has 0 aliphatic rings. The number of carbonyl (C=O) groups excluding carboxylic acids is 1. The molecule has 2 aromatic heterocycles. The van der Waals surface area contributed by atoms with E-state index in [2.05, 4.69) is 15.0 Å². The number of nitrogens with one attached hydrogen (secondary N) is 1. The molecule has 0 radical (unpaired) electrons. The molecular formula is C17H15N3O2. The molecule has 1 aromatic carbocycles. The number of allylic oxidation sites excluding steroid dienone is 2. The van der Waals surface area contributed by atoms with E-state index in [0.717, 1.165) is 10.9 Å². The predicted molar refractivity (Wildman–Crippen MR) is 83.9 cm³/mol. The highest BCUT2D eigenvalue weighted by Crippen LogP contribution is 2.29. The van der Waals surface area contributed by atoms with Gasteiger partial charge < -0.3 is 9.72 Å². The fourth-order valence-electron chi connectivity index (χ4n) is 2.19. The number of H-pyrrole nitrogens is 1. The fourth-order valence-corrected chi connectivity index (χ4v) is 2.19. The van der Waals surface area contributed by atoms with Crippen molar-refractivity contribution in [3.8, 4) is 11.6 Å². The van der Waals surface area contributed by atoms with E-state index in [-0.39, 0.29) is 5.78 Å². The lowest BCUT2D eigenvalue weighted by Gasteiger charge is -2.06. The maximum atomic E-state index is 11.0. The van der Waals surface area contributed by atoms with Crippen LogP contribution in [0.2, 0.25) is 0 Å². The van der Waals surface area contributed by atoms with E-state index >= 15 is 0 Å². The molecular weight excluding hydrogens is 278 g/mol. The summed E-state index contributed by atoms with van der Waals surface area (Å²) >= 11 is 0. The van der Waals surface area contributed by atoms with Crippen molar-refractivity contribution in [2.75, 3.05) is 0 Å². The Morgan fingerprint density at radius 3 is 2.86 bits per heavy atom. The van der Waals surface area contributed by atoms with Gasteiger partial charge in [-0.1, -0.05) is 24.3 Å². The Morgan fingerprint density at radius 1 is 1.27 bits per heavy atom. The monoisotopic (exact) mass is 293 g/mol. The Kier molecular flexibility index (Phi) is 3.96. The minimum Gasteiger partial charge on any atom is -0.438 e. The zero-order valence-corrected chi connectivity index (χ0v) is 12.1. The van der Waals surface area contributed by atoms with E-state index in [0.29, 0.717) is 23.7 Å². The number of hydrogen-bond acceptors (Lipinski definition) is 4. The van der Waals surface area contributed by atoms with Crippen molar-refractivity contribution >= 4 is 16.8 Å². The molecule has 0 aliphatic carbocycles. The number of aromatic amines is 1. The van der Waals surface area contributed by atoms with Crippen molar-refractivity contribution in [1.29, 1.82) is 0 Å². The minimum absolute atomic E-state index is 0.0249. The number of aromatic nitrogens is 3. The van der Waals surface area contributed by atoms with E-state index in [4.69, 9.17) is 4.74 Å². The fraction of sp³-hybridized carbons (Fsp3) is 0.118. The first-order chi connectivity index (χ1) is 10.7. The second-order valence-corrected chi connectivity index (χ2v) is 4.85. The SMILES string of the molecule is CC(=O)C=CCc1c[nH]c2ncnc(Oc3ccccc3)c12. The topological polar surface area (TPSA) is 67.9 Å². The third kappa shape index (κ3) is 3.03. The molecule has 0 fully saturated rings. The smallest absolute Gasteiger partial charge is 0.232 e. The number of fused-ring (bicyclic) bond motifs is 1. The molecule has 110 valence electrons. The van der Waals surface area contributed by atoms with E-state index in [1.807, 2.05) is 42.6 Å². The molecule has 22 heavy (non-hydrogen) atoms. The third-order valence-electron chi connectivity index (χ3n) is 3.16. The molecule has 0 atom stereocenters. The first kappa shape index (κ1) is 14.0. The summed E-state index contributed by atoms with van der Waals surface area (Å²) in [7, 11) is 0. The van der Waals surface area contributed by atoms with Gasteiger partial charge in [-0.25, -0.2) is 9.97 Å². The van der Waals surface area contributed by atoms with Crippen LogP contribution in [0.15, 0.2) is 55.0 Å². The lowest BCUT2D eigenvalue weighted by Crippen LogP contribution is -1.92. The quantitative estimate of drug-likeness (QED) is 0.732. The molecule has 5 heteroatoms. The summed E-state index contributed by atoms with van der Waals surface area (Å²) in [4.78, 5) is 22.5. The number of rotatable bonds is 5. The Hall–Kier alpha value is -2.95. The molecule has 0 saturated heterocycles. The van der Waals surface area contributed by atoms with Crippen molar-refractivity contribution in [2.24, 2.45) is 0 Å². The molecule has 5 nitrogen and oxygen atoms in total. The minimum atomic E-state index is 0.0249. The van der Waals surface area contributed by atoms with Crippen molar-refractivity contribution in [3.05, 3.63) is 60.6 Å². The Morgan fingerprint density at radius 2 is 2.09 bits per heavy atom. The highest BCUT2D eigenvalue weighted by atomic mass is 16.5. The average Bonchev–Trinajstić information content (AvgIpc) is 2.92. The van der Waals surface area contributed by atoms with Gasteiger partial charge in [0.25, 0.3) is 0 Å². The third-order valence-corrected chi connectivity index (χ3v) is 3.16. The van der Waals surface area contributed by atoms with E-state index in [9.17, 15) is 4.79 Å². The van der Waals surface area contributed by atoms with E-state index in [1.54, 1.807) is 6.08 Å². The van der Waals surface area contributed by atoms with Crippen molar-refractivity contribution in [2.45, 2.75) is 13.3 Å². The Balaban J connectivity index is 1.96. The van der Waals surface area contributed by atoms with Crippen LogP contribution in [-0.2, 0) is 11.2 Å². The zero-order chi connectivity index (χ0) is 15.4. The average molecular weight is 293 g/mol. The summed E-state index contributed by atoms with van der Waals surface area (Å²) in [5.41, 5.74) is 1.70. The number of hydrogen-bond donors (Lipinski definition) is 1. The molecule has 3 aromatic rings. The maximum Gasteiger partial charge on any atom is 0.232 e. The van der Waals surface area contributed by atoms with Crippen molar-refractivity contribution < 1.29 is 9.53 Å². The summed E-state index contributed by atoms with van der Waals surface area (Å²) in [5, 5.41) is 0.833. The molecule has 0 amide bonds. The summed E-state index contributed by atoms with van der Waals surface area (Å²) in [5.74, 6) is 1.24. The van der Waals surface area contributed by atoms with Gasteiger partial charge in [-0.05, 0) is 37.1 Å². The number of ether oxygens (including phenoxy) is 1. The van der Waals surface area contributed by atoms with Gasteiger partial charge in [0.1, 0.15) is 17.7 Å². The summed E-state index contributed by atoms with van der Waals surface area (Å²) in [6, 6.07) is 9.48. The number of benzene rings is 1. The van der Waals surface area contributed by atoms with Gasteiger partial charge in [-0.2, -0.15) is 0 Å². The van der Waals surface area contributed by atoms with Crippen LogP contribution in [0.5, 0.6) is 11.6 Å². The highest BCUT2D eigenvalue weighted by molar-refractivity contribution is 5.88. The number of nitrogens with zero attached hydrogens (tertiary/aromatic N) is 2. The molecule has 0 unspecified atom stereocenters. The first-order valence-electron chi connectivity index (χ1n) is 6.95. The van der Waals surface area contributed by atoms with Crippen LogP contribution in [-0.4, -0.2) is 20.7 Å². The van der Waals surface area contributed by atoms with Gasteiger partial charge in [0.2, 0.25) is 5.88 Å². The molecule has 0 bridgehead atoms. The summed E-state index contributed by atoms with van der Waals surface area (Å²) < 4.78 is 5.86. The number of ketones is 1. The highest BCUT2D eigenvalue weighted by Gasteiger charge is 2.12. The molecule has 3 rings (SSSR count). The van der Waals surface area contributed by atoms with Gasteiger partial charge in [0.05, 0.1) is 5.39 Å². The normalized spacial score (nSPS) is 11.1. The largest absolute Gasteiger partial charge is 0.438 e. The molecule has 0 aliphatic heterocycles. The van der Waals surface area contributed by atoms with Gasteiger partial charge in [-0.15, -0.1) is 0 Å². The lowest BCUT2D eigenvalue weighted by molar-refractivity contribution is -0.112. The van der Waals surface area contributed by atoms with Crippen molar-refractivity contribution in [1.82, 2.24) is 15.0 Å². The summed E-state index contributed by atoms with van der Waals surface area (Å²) in [6.07, 6.45) is 7.32. The van der Waals surface area contributed by atoms with Crippen molar-refractivity contribution in [3.63, 3.8) is 0 Å². The van der Waals surface area contributed by atoms with Crippen LogP contribution in [0.25, 0.3) is 11.0 Å². The van der Waals surface area contributed by atoms with Crippen LogP contribution in [0.1, 0.15) is 12.5 Å². The van der Waals surface area contributed by atoms with Crippen LogP contribution in [0, 0.1) is 0 Å². The zero-order valence-electron chi connectivity index (χ0n) is 12.1. The van der Waals surface area contributed by atoms with Gasteiger partial charge in [0, 0.05) is 6.20 Å². The first-order valence-corrected chi connectivity index (χ1v) is 6.95. The molecule has 0 saturated carbocycles. The summed E-state index contributed by atoms with van der Waals surface area (Å²) in [6.45, 7) is 1.53. The second-order valence-electron chi connectivity index (χ2n) is 4.85. The number of para-hydroxylation sites is 1. The lowest BCUT2D eigenvalue weighted by atomic mass is 10.1. The van der Waals surface area contributed by atoms with Gasteiger partial charge in [-0.3, -0.25) is 4.79 Å². The Bertz CT molecular complexity index is 822. The predicted octanol–water partition coefficient (Wildman–Crippen LogP) is 3.44. The molecule has 2 heterocycles. The van der Waals surface area contributed by atoms with Gasteiger partial charge in [0.15, 0.2) is 5.78 Å². The Labute approximate surface area is 127 Å². The van der Waals surface area contributed by atoms with Crippen LogP contribution < -0.4 is 4.74 Å². The van der Waals surface area contributed by atoms with Crippen LogP contribution >= 0.6 is 0 Å². The van der Waals surface area contributed by atoms with E-state index in [1.165, 1.54) is 13.3 Å². The van der Waals surface area contributed by atoms with Crippen LogP contribution in [0.4, 0.5) is 0 Å². The maximum absolute atomic E-state index is 11.0. The van der Waals surface area contributed by atoms with Gasteiger partial charge >= 0.3 is 0 Å². The molecule has 1 N–H and O–H groups in total. The van der Waals surface area contributed by atoms with E-state index < -0.39 is 0 Å². The van der Waals surface area contributed by atoms with Crippen LogP contribution in [0.3, 0.4) is 0 Å².